The van der Waals surface area contributed by atoms with Crippen molar-refractivity contribution in [3.63, 3.8) is 0 Å². The van der Waals surface area contributed by atoms with Gasteiger partial charge in [-0.3, -0.25) is 14.5 Å². The molecular formula is C23H19FN2O3S. The molecule has 1 fully saturated rings. The van der Waals surface area contributed by atoms with Crippen LogP contribution in [-0.2, 0) is 4.79 Å². The summed E-state index contributed by atoms with van der Waals surface area (Å²) in [5.74, 6) is 0.268. The van der Waals surface area contributed by atoms with Crippen molar-refractivity contribution in [2.24, 2.45) is 0 Å². The number of ether oxygens (including phenoxy) is 1. The van der Waals surface area contributed by atoms with Gasteiger partial charge in [-0.2, -0.15) is 0 Å². The maximum absolute atomic E-state index is 13.7. The molecule has 152 valence electrons. The zero-order valence-electron chi connectivity index (χ0n) is 16.2. The van der Waals surface area contributed by atoms with Crippen molar-refractivity contribution in [2.75, 3.05) is 23.1 Å². The molecule has 1 heterocycles. The number of hydrogen-bond acceptors (Lipinski definition) is 4. The number of methoxy groups -OCH3 is 1. The maximum Gasteiger partial charge on any atom is 0.255 e. The predicted octanol–water partition coefficient (Wildman–Crippen LogP) is 4.87. The van der Waals surface area contributed by atoms with Gasteiger partial charge >= 0.3 is 0 Å². The van der Waals surface area contributed by atoms with E-state index in [4.69, 9.17) is 4.74 Å². The number of nitrogens with one attached hydrogen (secondary N) is 1. The Balaban J connectivity index is 1.56. The van der Waals surface area contributed by atoms with Crippen molar-refractivity contribution < 1.29 is 18.7 Å². The third kappa shape index (κ3) is 4.16. The molecule has 3 aromatic rings. The summed E-state index contributed by atoms with van der Waals surface area (Å²) < 4.78 is 18.8. The molecule has 1 aliphatic rings. The van der Waals surface area contributed by atoms with Crippen molar-refractivity contribution in [2.45, 2.75) is 5.37 Å². The minimum atomic E-state index is -0.392. The standard InChI is InChI=1S/C23H19FN2O3S/c1-29-20-10-8-15(9-11-20)22(28)25-18-6-2-4-16(12-18)23-26(21(27)14-30-23)19-7-3-5-17(24)13-19/h2-13,23H,14H2,1H3,(H,25,28)/t23-/m0/s1. The van der Waals surface area contributed by atoms with Crippen LogP contribution in [0.15, 0.2) is 72.8 Å². The highest BCUT2D eigenvalue weighted by Gasteiger charge is 2.34. The second-order valence-corrected chi connectivity index (χ2v) is 7.78. The Hall–Kier alpha value is -3.32. The van der Waals surface area contributed by atoms with E-state index in [2.05, 4.69) is 5.32 Å². The minimum Gasteiger partial charge on any atom is -0.497 e. The van der Waals surface area contributed by atoms with E-state index >= 15 is 0 Å². The van der Waals surface area contributed by atoms with Crippen LogP contribution >= 0.6 is 11.8 Å². The number of nitrogens with zero attached hydrogens (tertiary/aromatic N) is 1. The number of hydrogen-bond donors (Lipinski definition) is 1. The summed E-state index contributed by atoms with van der Waals surface area (Å²) in [5.41, 5.74) is 2.49. The summed E-state index contributed by atoms with van der Waals surface area (Å²) in [6, 6.07) is 20.2. The molecule has 0 aliphatic carbocycles. The molecule has 4 rings (SSSR count). The summed E-state index contributed by atoms with van der Waals surface area (Å²) >= 11 is 1.47. The normalized spacial score (nSPS) is 15.9. The number of halogens is 1. The molecule has 0 radical (unpaired) electrons. The molecule has 3 aromatic carbocycles. The molecule has 7 heteroatoms. The Morgan fingerprint density at radius 3 is 2.60 bits per heavy atom. The second-order valence-electron chi connectivity index (χ2n) is 6.72. The quantitative estimate of drug-likeness (QED) is 0.638. The lowest BCUT2D eigenvalue weighted by Gasteiger charge is -2.24. The first-order valence-corrected chi connectivity index (χ1v) is 10.3. The van der Waals surface area contributed by atoms with Crippen LogP contribution in [0, 0.1) is 5.82 Å². The van der Waals surface area contributed by atoms with Crippen molar-refractivity contribution in [1.82, 2.24) is 0 Å². The van der Waals surface area contributed by atoms with Gasteiger partial charge in [0.2, 0.25) is 5.91 Å². The zero-order valence-corrected chi connectivity index (χ0v) is 17.0. The van der Waals surface area contributed by atoms with Crippen molar-refractivity contribution in [3.8, 4) is 5.75 Å². The average molecular weight is 422 g/mol. The van der Waals surface area contributed by atoms with E-state index in [1.165, 1.54) is 23.9 Å². The fourth-order valence-electron chi connectivity index (χ4n) is 3.29. The summed E-state index contributed by atoms with van der Waals surface area (Å²) in [6.45, 7) is 0. The Labute approximate surface area is 177 Å². The highest BCUT2D eigenvalue weighted by atomic mass is 32.2. The molecule has 0 unspecified atom stereocenters. The summed E-state index contributed by atoms with van der Waals surface area (Å²) in [5, 5.41) is 2.59. The van der Waals surface area contributed by atoms with Crippen molar-refractivity contribution in [3.05, 3.63) is 89.7 Å². The van der Waals surface area contributed by atoms with Crippen molar-refractivity contribution >= 4 is 35.0 Å². The summed E-state index contributed by atoms with van der Waals surface area (Å²) in [6.07, 6.45) is 0. The van der Waals surface area contributed by atoms with Crippen LogP contribution in [0.3, 0.4) is 0 Å². The third-order valence-electron chi connectivity index (χ3n) is 4.74. The second kappa shape index (κ2) is 8.59. The van der Waals surface area contributed by atoms with Gasteiger partial charge < -0.3 is 10.1 Å². The minimum absolute atomic E-state index is 0.0803. The lowest BCUT2D eigenvalue weighted by atomic mass is 10.1. The van der Waals surface area contributed by atoms with E-state index in [1.807, 2.05) is 18.2 Å². The first-order valence-electron chi connectivity index (χ1n) is 9.30. The number of benzene rings is 3. The van der Waals surface area contributed by atoms with Crippen LogP contribution in [0.2, 0.25) is 0 Å². The van der Waals surface area contributed by atoms with Crippen LogP contribution in [0.25, 0.3) is 0 Å². The Morgan fingerprint density at radius 1 is 1.10 bits per heavy atom. The fraction of sp³-hybridized carbons (Fsp3) is 0.130. The van der Waals surface area contributed by atoms with Crippen LogP contribution in [0.5, 0.6) is 5.75 Å². The number of thioether (sulfide) groups is 1. The van der Waals surface area contributed by atoms with Crippen LogP contribution in [0.4, 0.5) is 15.8 Å². The molecule has 30 heavy (non-hydrogen) atoms. The number of amides is 2. The molecule has 0 aromatic heterocycles. The van der Waals surface area contributed by atoms with Gasteiger partial charge in [-0.05, 0) is 60.2 Å². The highest BCUT2D eigenvalue weighted by molar-refractivity contribution is 8.00. The predicted molar refractivity (Wildman–Crippen MR) is 116 cm³/mol. The Bertz CT molecular complexity index is 1090. The Kier molecular flexibility index (Phi) is 5.72. The zero-order chi connectivity index (χ0) is 21.1. The SMILES string of the molecule is COc1ccc(C(=O)Nc2cccc([C@@H]3SCC(=O)N3c3cccc(F)c3)c2)cc1. The van der Waals surface area contributed by atoms with Gasteiger partial charge in [-0.15, -0.1) is 11.8 Å². The van der Waals surface area contributed by atoms with Gasteiger partial charge in [-0.1, -0.05) is 18.2 Å². The molecular weight excluding hydrogens is 403 g/mol. The average Bonchev–Trinajstić information content (AvgIpc) is 3.15. The topological polar surface area (TPSA) is 58.6 Å². The Morgan fingerprint density at radius 2 is 1.87 bits per heavy atom. The molecule has 0 bridgehead atoms. The maximum atomic E-state index is 13.7. The molecule has 2 amide bonds. The molecule has 1 saturated heterocycles. The summed E-state index contributed by atoms with van der Waals surface area (Å²) in [4.78, 5) is 26.6. The van der Waals surface area contributed by atoms with E-state index in [0.29, 0.717) is 28.4 Å². The van der Waals surface area contributed by atoms with E-state index in [0.717, 1.165) is 5.56 Å². The third-order valence-corrected chi connectivity index (χ3v) is 5.95. The number of rotatable bonds is 5. The molecule has 1 aliphatic heterocycles. The van der Waals surface area contributed by atoms with E-state index in [9.17, 15) is 14.0 Å². The molecule has 1 N–H and O–H groups in total. The van der Waals surface area contributed by atoms with Gasteiger partial charge in [0.25, 0.3) is 5.91 Å². The van der Waals surface area contributed by atoms with Gasteiger partial charge in [-0.25, -0.2) is 4.39 Å². The van der Waals surface area contributed by atoms with Crippen LogP contribution in [-0.4, -0.2) is 24.7 Å². The van der Waals surface area contributed by atoms with E-state index < -0.39 is 5.82 Å². The lowest BCUT2D eigenvalue weighted by Crippen LogP contribution is -2.27. The van der Waals surface area contributed by atoms with Gasteiger partial charge in [0.05, 0.1) is 12.9 Å². The number of carbonyl (C=O) groups is 2. The van der Waals surface area contributed by atoms with Gasteiger partial charge in [0.15, 0.2) is 0 Å². The van der Waals surface area contributed by atoms with Crippen LogP contribution < -0.4 is 15.0 Å². The van der Waals surface area contributed by atoms with Gasteiger partial charge in [0, 0.05) is 16.9 Å². The van der Waals surface area contributed by atoms with Gasteiger partial charge in [0.1, 0.15) is 16.9 Å². The fourth-order valence-corrected chi connectivity index (χ4v) is 4.46. The largest absolute Gasteiger partial charge is 0.497 e. The van der Waals surface area contributed by atoms with Crippen molar-refractivity contribution in [1.29, 1.82) is 0 Å². The summed E-state index contributed by atoms with van der Waals surface area (Å²) in [7, 11) is 1.57. The lowest BCUT2D eigenvalue weighted by molar-refractivity contribution is -0.115. The molecule has 0 saturated carbocycles. The molecule has 5 nitrogen and oxygen atoms in total. The number of carbonyl (C=O) groups excluding carboxylic acids is 2. The van der Waals surface area contributed by atoms with E-state index in [1.54, 1.807) is 54.5 Å². The molecule has 0 spiro atoms. The smallest absolute Gasteiger partial charge is 0.255 e. The first-order chi connectivity index (χ1) is 14.5. The molecule has 1 atom stereocenters. The highest BCUT2D eigenvalue weighted by Crippen LogP contribution is 2.42. The monoisotopic (exact) mass is 422 g/mol. The van der Waals surface area contributed by atoms with E-state index in [-0.39, 0.29) is 17.2 Å². The first kappa shape index (κ1) is 20.0. The number of anilines is 2. The van der Waals surface area contributed by atoms with Crippen LogP contribution in [0.1, 0.15) is 21.3 Å².